The van der Waals surface area contributed by atoms with Gasteiger partial charge in [0.2, 0.25) is 6.54 Å². The summed E-state index contributed by atoms with van der Waals surface area (Å²) in [6.07, 6.45) is -1.30. The molecule has 1 aliphatic heterocycles. The lowest BCUT2D eigenvalue weighted by molar-refractivity contribution is -0.490. The fourth-order valence-electron chi connectivity index (χ4n) is 3.84. The molecule has 1 N–H and O–H groups in total. The summed E-state index contributed by atoms with van der Waals surface area (Å²) in [5, 5.41) is 21.4. The number of hydrogen-bond acceptors (Lipinski definition) is 7. The Morgan fingerprint density at radius 2 is 1.50 bits per heavy atom. The topological polar surface area (TPSA) is 100 Å². The van der Waals surface area contributed by atoms with Crippen molar-refractivity contribution in [3.63, 3.8) is 0 Å². The fraction of sp³-hybridized carbons (Fsp3) is 0.280. The molecule has 0 aliphatic carbocycles. The Balaban J connectivity index is 1.44. The Bertz CT molecular complexity index is 1020. The summed E-state index contributed by atoms with van der Waals surface area (Å²) in [4.78, 5) is 10.5. The van der Waals surface area contributed by atoms with E-state index in [4.69, 9.17) is 18.9 Å². The van der Waals surface area contributed by atoms with Crippen LogP contribution in [0.15, 0.2) is 78.9 Å². The third-order valence-corrected chi connectivity index (χ3v) is 5.43. The molecule has 0 saturated heterocycles. The van der Waals surface area contributed by atoms with Crippen molar-refractivity contribution in [1.29, 1.82) is 0 Å². The first kappa shape index (κ1) is 23.9. The Morgan fingerprint density at radius 1 is 0.912 bits per heavy atom. The maximum atomic E-state index is 11.0. The molecule has 0 radical (unpaired) electrons. The largest absolute Gasteiger partial charge is 0.496 e. The molecule has 1 heterocycles. The lowest BCUT2D eigenvalue weighted by Gasteiger charge is -2.21. The van der Waals surface area contributed by atoms with Crippen molar-refractivity contribution in [2.24, 2.45) is 0 Å². The number of benzene rings is 3. The first-order valence-corrected chi connectivity index (χ1v) is 11.1. The van der Waals surface area contributed by atoms with Gasteiger partial charge in [-0.15, -0.1) is 0 Å². The zero-order valence-corrected chi connectivity index (χ0v) is 18.6. The van der Waals surface area contributed by atoms with Crippen molar-refractivity contribution in [1.82, 2.24) is 0 Å². The van der Waals surface area contributed by atoms with Crippen LogP contribution in [-0.4, -0.2) is 42.9 Å². The van der Waals surface area contributed by atoms with Crippen molar-refractivity contribution >= 4 is 12.6 Å². The number of nitro groups is 1. The van der Waals surface area contributed by atoms with E-state index in [9.17, 15) is 15.1 Å². The minimum Gasteiger partial charge on any atom is -0.486 e. The quantitative estimate of drug-likeness (QED) is 0.251. The smallest absolute Gasteiger partial charge is 0.486 e. The van der Waals surface area contributed by atoms with Gasteiger partial charge in [-0.25, -0.2) is 0 Å². The molecule has 34 heavy (non-hydrogen) atoms. The number of hydrogen-bond donors (Lipinski definition) is 1. The first-order chi connectivity index (χ1) is 16.6. The molecule has 0 aromatic heterocycles. The van der Waals surface area contributed by atoms with E-state index in [1.165, 1.54) is 0 Å². The van der Waals surface area contributed by atoms with Gasteiger partial charge in [0.15, 0.2) is 0 Å². The molecular formula is C25H26BNO7. The highest BCUT2D eigenvalue weighted by Crippen LogP contribution is 2.28. The summed E-state index contributed by atoms with van der Waals surface area (Å²) < 4.78 is 23.4. The van der Waals surface area contributed by atoms with Crippen LogP contribution in [-0.2, 0) is 27.3 Å². The zero-order valence-electron chi connectivity index (χ0n) is 18.6. The van der Waals surface area contributed by atoms with Crippen molar-refractivity contribution in [3.8, 4) is 5.75 Å². The van der Waals surface area contributed by atoms with Crippen LogP contribution in [0.5, 0.6) is 5.75 Å². The third-order valence-electron chi connectivity index (χ3n) is 5.43. The predicted octanol–water partition coefficient (Wildman–Crippen LogP) is 2.90. The SMILES string of the molecule is O=[N+]([O-])CC1OB(O)c2c(OC(COCc3ccccc3)COCc3ccccc3)cccc21. The maximum Gasteiger partial charge on any atom is 0.496 e. The van der Waals surface area contributed by atoms with Gasteiger partial charge in [-0.05, 0) is 22.8 Å². The van der Waals surface area contributed by atoms with Crippen LogP contribution in [0.4, 0.5) is 0 Å². The highest BCUT2D eigenvalue weighted by atomic mass is 16.6. The van der Waals surface area contributed by atoms with E-state index in [1.807, 2.05) is 60.7 Å². The van der Waals surface area contributed by atoms with Crippen molar-refractivity contribution < 1.29 is 28.8 Å². The van der Waals surface area contributed by atoms with Gasteiger partial charge in [-0.1, -0.05) is 72.8 Å². The summed E-state index contributed by atoms with van der Waals surface area (Å²) >= 11 is 0. The second-order valence-corrected chi connectivity index (χ2v) is 7.99. The zero-order chi connectivity index (χ0) is 23.8. The van der Waals surface area contributed by atoms with Crippen LogP contribution in [0, 0.1) is 10.1 Å². The molecule has 0 saturated carbocycles. The molecule has 0 fully saturated rings. The molecule has 176 valence electrons. The van der Waals surface area contributed by atoms with Gasteiger partial charge in [0.05, 0.1) is 26.4 Å². The number of nitrogens with zero attached hydrogens (tertiary/aromatic N) is 1. The number of ether oxygens (including phenoxy) is 3. The van der Waals surface area contributed by atoms with E-state index < -0.39 is 30.8 Å². The molecule has 4 rings (SSSR count). The van der Waals surface area contributed by atoms with Crippen LogP contribution in [0.3, 0.4) is 0 Å². The minimum atomic E-state index is -1.30. The first-order valence-electron chi connectivity index (χ1n) is 11.1. The van der Waals surface area contributed by atoms with Crippen LogP contribution in [0.2, 0.25) is 0 Å². The van der Waals surface area contributed by atoms with Gasteiger partial charge in [0, 0.05) is 10.4 Å². The molecular weight excluding hydrogens is 437 g/mol. The van der Waals surface area contributed by atoms with E-state index >= 15 is 0 Å². The molecule has 3 aromatic carbocycles. The maximum absolute atomic E-state index is 11.0. The van der Waals surface area contributed by atoms with Crippen molar-refractivity contribution in [2.45, 2.75) is 25.4 Å². The fourth-order valence-corrected chi connectivity index (χ4v) is 3.84. The Morgan fingerprint density at radius 3 is 2.06 bits per heavy atom. The van der Waals surface area contributed by atoms with E-state index in [0.717, 1.165) is 11.1 Å². The summed E-state index contributed by atoms with van der Waals surface area (Å²) in [6.45, 7) is 0.911. The predicted molar refractivity (Wildman–Crippen MR) is 126 cm³/mol. The Hall–Kier alpha value is -3.24. The molecule has 1 unspecified atom stereocenters. The summed E-state index contributed by atoms with van der Waals surface area (Å²) in [6, 6.07) is 24.8. The average molecular weight is 463 g/mol. The van der Waals surface area contributed by atoms with Crippen LogP contribution in [0.1, 0.15) is 22.8 Å². The van der Waals surface area contributed by atoms with Gasteiger partial charge >= 0.3 is 7.12 Å². The van der Waals surface area contributed by atoms with Crippen molar-refractivity contribution in [3.05, 3.63) is 106 Å². The molecule has 1 atom stereocenters. The number of fused-ring (bicyclic) bond motifs is 1. The molecule has 1 aliphatic rings. The Labute approximate surface area is 198 Å². The number of rotatable bonds is 12. The normalized spacial score (nSPS) is 14.9. The van der Waals surface area contributed by atoms with Gasteiger partial charge < -0.3 is 23.9 Å². The molecule has 0 amide bonds. The lowest BCUT2D eigenvalue weighted by Crippen LogP contribution is -2.35. The van der Waals surface area contributed by atoms with E-state index in [2.05, 4.69) is 0 Å². The molecule has 9 heteroatoms. The van der Waals surface area contributed by atoms with E-state index in [0.29, 0.717) is 30.0 Å². The van der Waals surface area contributed by atoms with Crippen molar-refractivity contribution in [2.75, 3.05) is 19.8 Å². The average Bonchev–Trinajstić information content (AvgIpc) is 3.15. The van der Waals surface area contributed by atoms with E-state index in [-0.39, 0.29) is 13.2 Å². The van der Waals surface area contributed by atoms with Crippen LogP contribution in [0.25, 0.3) is 0 Å². The molecule has 3 aromatic rings. The molecule has 8 nitrogen and oxygen atoms in total. The van der Waals surface area contributed by atoms with Gasteiger partial charge in [0.1, 0.15) is 18.0 Å². The summed E-state index contributed by atoms with van der Waals surface area (Å²) in [5.74, 6) is 0.396. The Kier molecular flexibility index (Phi) is 8.27. The summed E-state index contributed by atoms with van der Waals surface area (Å²) in [5.41, 5.74) is 3.04. The third kappa shape index (κ3) is 6.42. The van der Waals surface area contributed by atoms with Gasteiger partial charge in [-0.2, -0.15) is 0 Å². The minimum absolute atomic E-state index is 0.253. The standard InChI is InChI=1S/C25H26BNO7/c28-26-25-22(24(34-26)14-27(29)30)12-7-13-23(25)33-21(17-31-15-19-8-3-1-4-9-19)18-32-16-20-10-5-2-6-11-20/h1-13,21,24,28H,14-18H2. The molecule has 0 spiro atoms. The van der Waals surface area contributed by atoms with Crippen LogP contribution >= 0.6 is 0 Å². The summed E-state index contributed by atoms with van der Waals surface area (Å²) in [7, 11) is -1.30. The molecule has 0 bridgehead atoms. The highest BCUT2D eigenvalue weighted by molar-refractivity contribution is 6.62. The van der Waals surface area contributed by atoms with Gasteiger partial charge in [-0.3, -0.25) is 10.1 Å². The second kappa shape index (κ2) is 11.8. The van der Waals surface area contributed by atoms with Gasteiger partial charge in [0.25, 0.3) is 0 Å². The highest BCUT2D eigenvalue weighted by Gasteiger charge is 2.40. The monoisotopic (exact) mass is 463 g/mol. The van der Waals surface area contributed by atoms with Crippen LogP contribution < -0.4 is 10.2 Å². The van der Waals surface area contributed by atoms with E-state index in [1.54, 1.807) is 18.2 Å². The second-order valence-electron chi connectivity index (χ2n) is 7.99. The lowest BCUT2D eigenvalue weighted by atomic mass is 9.78.